The molecule has 3 atom stereocenters. The molecular weight excluding hydrogens is 562 g/mol. The summed E-state index contributed by atoms with van der Waals surface area (Å²) in [6, 6.07) is 16.3. The van der Waals surface area contributed by atoms with Gasteiger partial charge in [-0.25, -0.2) is 14.3 Å². The summed E-state index contributed by atoms with van der Waals surface area (Å²) in [6.45, 7) is 12.8. The van der Waals surface area contributed by atoms with Crippen LogP contribution >= 0.6 is 0 Å². The topological polar surface area (TPSA) is 127 Å². The molecule has 2 aromatic carbocycles. The van der Waals surface area contributed by atoms with Gasteiger partial charge in [0.15, 0.2) is 0 Å². The Labute approximate surface area is 258 Å². The van der Waals surface area contributed by atoms with Gasteiger partial charge in [0.2, 0.25) is 5.88 Å². The maximum atomic E-state index is 13.5. The smallest absolute Gasteiger partial charge is 0.410 e. The van der Waals surface area contributed by atoms with Crippen LogP contribution in [-0.2, 0) is 14.9 Å². The van der Waals surface area contributed by atoms with E-state index >= 15 is 0 Å². The van der Waals surface area contributed by atoms with Crippen molar-refractivity contribution in [1.82, 2.24) is 20.0 Å². The van der Waals surface area contributed by atoms with E-state index in [4.69, 9.17) is 14.2 Å². The standard InChI is InChI=1S/C33H43N5O6/c1-21-28(35-30(40)34-27-24-14-10-11-15-25(24)33(5,6)18-26(27)39)38(22-12-8-7-9-13-22)36-29(21)43-20-23-19-37(16-17-42-23)31(41)44-32(2,3)4/h7-15,23,26-27,39H,16-20H2,1-6H3,(H2,34,35,40). The monoisotopic (exact) mass is 605 g/mol. The Hall–Kier alpha value is -4.09. The van der Waals surface area contributed by atoms with Crippen LogP contribution in [0, 0.1) is 6.92 Å². The van der Waals surface area contributed by atoms with Crippen molar-refractivity contribution in [1.29, 1.82) is 0 Å². The van der Waals surface area contributed by atoms with Crippen LogP contribution in [0.5, 0.6) is 5.88 Å². The first-order valence-corrected chi connectivity index (χ1v) is 15.0. The Morgan fingerprint density at radius 3 is 2.55 bits per heavy atom. The van der Waals surface area contributed by atoms with Crippen LogP contribution in [0.4, 0.5) is 15.4 Å². The quantitative estimate of drug-likeness (QED) is 0.357. The Bertz CT molecular complexity index is 1480. The summed E-state index contributed by atoms with van der Waals surface area (Å²) < 4.78 is 19.1. The number of nitrogens with one attached hydrogen (secondary N) is 2. The van der Waals surface area contributed by atoms with Crippen LogP contribution in [0.15, 0.2) is 54.6 Å². The number of morpholine rings is 1. The highest BCUT2D eigenvalue weighted by Gasteiger charge is 2.39. The molecule has 3 unspecified atom stereocenters. The normalized spacial score (nSPS) is 21.2. The highest BCUT2D eigenvalue weighted by Crippen LogP contribution is 2.41. The van der Waals surface area contributed by atoms with Crippen LogP contribution in [0.2, 0.25) is 0 Å². The Morgan fingerprint density at radius 1 is 1.11 bits per heavy atom. The number of benzene rings is 2. The number of anilines is 1. The van der Waals surface area contributed by atoms with Crippen LogP contribution in [0.25, 0.3) is 5.69 Å². The number of nitrogens with zero attached hydrogens (tertiary/aromatic N) is 3. The first kappa shape index (κ1) is 31.3. The predicted octanol–water partition coefficient (Wildman–Crippen LogP) is 5.10. The lowest BCUT2D eigenvalue weighted by atomic mass is 9.70. The summed E-state index contributed by atoms with van der Waals surface area (Å²) in [4.78, 5) is 27.7. The average Bonchev–Trinajstić information content (AvgIpc) is 3.28. The Kier molecular flexibility index (Phi) is 8.90. The molecular formula is C33H43N5O6. The lowest BCUT2D eigenvalue weighted by Gasteiger charge is -2.40. The fourth-order valence-corrected chi connectivity index (χ4v) is 5.80. The lowest BCUT2D eigenvalue weighted by molar-refractivity contribution is -0.0562. The van der Waals surface area contributed by atoms with Crippen molar-refractivity contribution >= 4 is 17.9 Å². The van der Waals surface area contributed by atoms with Gasteiger partial charge in [-0.1, -0.05) is 56.3 Å². The average molecular weight is 606 g/mol. The highest BCUT2D eigenvalue weighted by molar-refractivity contribution is 5.90. The van der Waals surface area contributed by atoms with Crippen molar-refractivity contribution in [2.45, 2.75) is 77.2 Å². The number of hydrogen-bond donors (Lipinski definition) is 3. The molecule has 1 aliphatic carbocycles. The number of aromatic nitrogens is 2. The third kappa shape index (κ3) is 7.00. The van der Waals surface area contributed by atoms with Gasteiger partial charge in [0.05, 0.1) is 36.5 Å². The highest BCUT2D eigenvalue weighted by atomic mass is 16.6. The van der Waals surface area contributed by atoms with Crippen molar-refractivity contribution < 1.29 is 28.9 Å². The van der Waals surface area contributed by atoms with Crippen molar-refractivity contribution in [2.24, 2.45) is 0 Å². The molecule has 2 aliphatic rings. The van der Waals surface area contributed by atoms with E-state index in [1.54, 1.807) is 9.58 Å². The zero-order chi connectivity index (χ0) is 31.6. The number of amides is 3. The summed E-state index contributed by atoms with van der Waals surface area (Å²) in [5, 5.41) is 21.7. The third-order valence-corrected chi connectivity index (χ3v) is 7.92. The van der Waals surface area contributed by atoms with Crippen LogP contribution in [0.3, 0.4) is 0 Å². The van der Waals surface area contributed by atoms with Gasteiger partial charge in [-0.2, -0.15) is 0 Å². The largest absolute Gasteiger partial charge is 0.474 e. The van der Waals surface area contributed by atoms with E-state index in [1.807, 2.05) is 76.2 Å². The molecule has 3 N–H and O–H groups in total. The molecule has 0 saturated carbocycles. The van der Waals surface area contributed by atoms with Crippen LogP contribution < -0.4 is 15.4 Å². The molecule has 1 aromatic heterocycles. The van der Waals surface area contributed by atoms with Gasteiger partial charge >= 0.3 is 12.1 Å². The van der Waals surface area contributed by atoms with Crippen molar-refractivity contribution in [3.63, 3.8) is 0 Å². The molecule has 1 fully saturated rings. The minimum atomic E-state index is -0.750. The van der Waals surface area contributed by atoms with E-state index in [0.29, 0.717) is 43.4 Å². The van der Waals surface area contributed by atoms with E-state index in [9.17, 15) is 14.7 Å². The van der Waals surface area contributed by atoms with Gasteiger partial charge in [-0.05, 0) is 62.8 Å². The van der Waals surface area contributed by atoms with Crippen LogP contribution in [-0.4, -0.2) is 76.0 Å². The van der Waals surface area contributed by atoms with Gasteiger partial charge in [0.25, 0.3) is 0 Å². The molecule has 11 nitrogen and oxygen atoms in total. The van der Waals surface area contributed by atoms with Crippen LogP contribution in [0.1, 0.15) is 63.8 Å². The number of hydrogen-bond acceptors (Lipinski definition) is 7. The maximum Gasteiger partial charge on any atom is 0.410 e. The molecule has 0 radical (unpaired) electrons. The number of fused-ring (bicyclic) bond motifs is 1. The second kappa shape index (κ2) is 12.5. The molecule has 3 amide bonds. The summed E-state index contributed by atoms with van der Waals surface area (Å²) in [7, 11) is 0. The Balaban J connectivity index is 1.32. The first-order valence-electron chi connectivity index (χ1n) is 15.0. The molecule has 44 heavy (non-hydrogen) atoms. The van der Waals surface area contributed by atoms with E-state index in [1.165, 1.54) is 0 Å². The summed E-state index contributed by atoms with van der Waals surface area (Å²) >= 11 is 0. The van der Waals surface area contributed by atoms with Crippen molar-refractivity contribution in [2.75, 3.05) is 31.6 Å². The van der Waals surface area contributed by atoms with Gasteiger partial charge in [-0.3, -0.25) is 5.32 Å². The number of aliphatic hydroxyl groups excluding tert-OH is 1. The number of carbonyl (C=O) groups is 2. The fraction of sp³-hybridized carbons (Fsp3) is 0.485. The number of para-hydroxylation sites is 1. The third-order valence-electron chi connectivity index (χ3n) is 7.92. The van der Waals surface area contributed by atoms with Gasteiger partial charge in [-0.15, -0.1) is 5.10 Å². The summed E-state index contributed by atoms with van der Waals surface area (Å²) in [5.74, 6) is 0.759. The summed E-state index contributed by atoms with van der Waals surface area (Å²) in [6.07, 6.45) is -1.00. The Morgan fingerprint density at radius 2 is 1.82 bits per heavy atom. The number of urea groups is 1. The molecule has 1 aliphatic heterocycles. The predicted molar refractivity (Wildman–Crippen MR) is 166 cm³/mol. The number of carbonyl (C=O) groups excluding carboxylic acids is 2. The lowest BCUT2D eigenvalue weighted by Crippen LogP contribution is -2.49. The van der Waals surface area contributed by atoms with Crippen molar-refractivity contribution in [3.05, 3.63) is 71.3 Å². The van der Waals surface area contributed by atoms with Crippen molar-refractivity contribution in [3.8, 4) is 11.6 Å². The molecule has 2 heterocycles. The fourth-order valence-electron chi connectivity index (χ4n) is 5.80. The maximum absolute atomic E-state index is 13.5. The summed E-state index contributed by atoms with van der Waals surface area (Å²) in [5.41, 5.74) is 2.55. The second-order valence-corrected chi connectivity index (χ2v) is 13.1. The van der Waals surface area contributed by atoms with Gasteiger partial charge in [0.1, 0.15) is 24.1 Å². The van der Waals surface area contributed by atoms with Gasteiger partial charge < -0.3 is 29.5 Å². The van der Waals surface area contributed by atoms with E-state index < -0.39 is 23.8 Å². The molecule has 1 saturated heterocycles. The van der Waals surface area contributed by atoms with Gasteiger partial charge in [0, 0.05) is 6.54 Å². The zero-order valence-corrected chi connectivity index (χ0v) is 26.3. The SMILES string of the molecule is Cc1c(OCC2CN(C(=O)OC(C)(C)C)CCO2)nn(-c2ccccc2)c1NC(=O)NC1c2ccccc2C(C)(C)CC1O. The minimum absolute atomic E-state index is 0.151. The zero-order valence-electron chi connectivity index (χ0n) is 26.3. The molecule has 0 bridgehead atoms. The van der Waals surface area contributed by atoms with E-state index in [-0.39, 0.29) is 24.2 Å². The number of aliphatic hydroxyl groups is 1. The molecule has 236 valence electrons. The number of rotatable bonds is 6. The molecule has 3 aromatic rings. The van der Waals surface area contributed by atoms with E-state index in [0.717, 1.165) is 16.8 Å². The van der Waals surface area contributed by atoms with E-state index in [2.05, 4.69) is 35.6 Å². The first-order chi connectivity index (χ1) is 20.8. The minimum Gasteiger partial charge on any atom is -0.474 e. The molecule has 0 spiro atoms. The second-order valence-electron chi connectivity index (χ2n) is 13.1. The molecule has 5 rings (SSSR count). The number of ether oxygens (including phenoxy) is 3. The molecule has 11 heteroatoms.